The number of rotatable bonds is 6. The Morgan fingerprint density at radius 2 is 1.90 bits per heavy atom. The molecule has 0 saturated heterocycles. The molecule has 0 bridgehead atoms. The number of benzene rings is 2. The van der Waals surface area contributed by atoms with Gasteiger partial charge in [0.2, 0.25) is 0 Å². The van der Waals surface area contributed by atoms with Crippen molar-refractivity contribution in [1.29, 1.82) is 0 Å². The normalized spacial score (nSPS) is 20.1. The quantitative estimate of drug-likeness (QED) is 0.284. The summed E-state index contributed by atoms with van der Waals surface area (Å²) in [7, 11) is 0. The van der Waals surface area contributed by atoms with Crippen LogP contribution in [0.2, 0.25) is 0 Å². The van der Waals surface area contributed by atoms with Gasteiger partial charge in [0, 0.05) is 23.4 Å². The van der Waals surface area contributed by atoms with Gasteiger partial charge >= 0.3 is 5.97 Å². The zero-order chi connectivity index (χ0) is 27.3. The van der Waals surface area contributed by atoms with E-state index in [0.29, 0.717) is 42.8 Å². The van der Waals surface area contributed by atoms with Crippen LogP contribution in [0.25, 0.3) is 16.8 Å². The number of nitrogens with zero attached hydrogens (tertiary/aromatic N) is 3. The lowest BCUT2D eigenvalue weighted by Gasteiger charge is -2.35. The van der Waals surface area contributed by atoms with Gasteiger partial charge in [0.05, 0.1) is 29.8 Å². The van der Waals surface area contributed by atoms with E-state index in [1.807, 2.05) is 48.2 Å². The van der Waals surface area contributed by atoms with Gasteiger partial charge in [-0.2, -0.15) is 5.10 Å². The van der Waals surface area contributed by atoms with Gasteiger partial charge in [-0.15, -0.1) is 0 Å². The van der Waals surface area contributed by atoms with Crippen LogP contribution in [-0.2, 0) is 22.4 Å². The minimum atomic E-state index is -0.374. The molecule has 0 unspecified atom stereocenters. The van der Waals surface area contributed by atoms with E-state index >= 15 is 4.39 Å². The molecule has 1 amide bonds. The van der Waals surface area contributed by atoms with Crippen molar-refractivity contribution in [3.05, 3.63) is 94.4 Å². The van der Waals surface area contributed by atoms with Gasteiger partial charge in [-0.3, -0.25) is 9.59 Å². The number of aryl methyl sites for hydroxylation is 1. The maximum atomic E-state index is 15.3. The predicted octanol–water partition coefficient (Wildman–Crippen LogP) is 6.13. The van der Waals surface area contributed by atoms with Gasteiger partial charge in [0.25, 0.3) is 5.91 Å². The maximum Gasteiger partial charge on any atom is 0.309 e. The van der Waals surface area contributed by atoms with Gasteiger partial charge in [-0.05, 0) is 86.1 Å². The Labute approximate surface area is 227 Å². The molecule has 2 aromatic carbocycles. The molecule has 6 nitrogen and oxygen atoms in total. The van der Waals surface area contributed by atoms with Gasteiger partial charge in [0.1, 0.15) is 5.82 Å². The molecule has 1 fully saturated rings. The monoisotopic (exact) mass is 525 g/mol. The van der Waals surface area contributed by atoms with Gasteiger partial charge in [-0.25, -0.2) is 8.91 Å². The highest BCUT2D eigenvalue weighted by Crippen LogP contribution is 2.48. The standard InChI is InChI=1S/C32H32FN3O3/c1-4-23-14-22(31(37)35-13-12-20-8-6-7-9-25(20)19(35)3)15-24-17-30(34-36(23)24)26-11-10-21(16-29(26)33)27-18-28(27)32(38)39-5-2/h6-11,14-17,19,27-28H,4-5,12-13,18H2,1-3H3/t19-,27-,28-/m1/s1. The highest BCUT2D eigenvalue weighted by molar-refractivity contribution is 5.96. The molecular weight excluding hydrogens is 493 g/mol. The minimum Gasteiger partial charge on any atom is -0.466 e. The van der Waals surface area contributed by atoms with E-state index in [2.05, 4.69) is 19.1 Å². The van der Waals surface area contributed by atoms with Crippen molar-refractivity contribution >= 4 is 17.4 Å². The lowest BCUT2D eigenvalue weighted by Crippen LogP contribution is -2.38. The third-order valence-corrected chi connectivity index (χ3v) is 8.18. The molecule has 2 aromatic heterocycles. The fourth-order valence-corrected chi connectivity index (χ4v) is 5.93. The second kappa shape index (κ2) is 9.95. The fourth-order valence-electron chi connectivity index (χ4n) is 5.93. The Bertz CT molecular complexity index is 1590. The summed E-state index contributed by atoms with van der Waals surface area (Å²) in [6.07, 6.45) is 2.20. The van der Waals surface area contributed by atoms with E-state index in [1.165, 1.54) is 17.2 Å². The number of carbonyl (C=O) groups is 2. The van der Waals surface area contributed by atoms with E-state index in [9.17, 15) is 9.59 Å². The van der Waals surface area contributed by atoms with E-state index in [-0.39, 0.29) is 35.6 Å². The molecule has 1 saturated carbocycles. The number of hydrogen-bond donors (Lipinski definition) is 0. The smallest absolute Gasteiger partial charge is 0.309 e. The third kappa shape index (κ3) is 4.50. The summed E-state index contributed by atoms with van der Waals surface area (Å²) in [5.41, 5.74) is 6.46. The van der Waals surface area contributed by atoms with Gasteiger partial charge in [0.15, 0.2) is 0 Å². The number of pyridine rings is 1. The molecular formula is C32H32FN3O3. The number of carbonyl (C=O) groups excluding carboxylic acids is 2. The van der Waals surface area contributed by atoms with Crippen molar-refractivity contribution < 1.29 is 18.7 Å². The lowest BCUT2D eigenvalue weighted by atomic mass is 9.93. The molecule has 1 aliphatic heterocycles. The number of halogens is 1. The molecule has 2 aliphatic rings. The van der Waals surface area contributed by atoms with Crippen LogP contribution in [0.1, 0.15) is 71.9 Å². The maximum absolute atomic E-state index is 15.3. The molecule has 3 atom stereocenters. The number of fused-ring (bicyclic) bond motifs is 2. The SMILES string of the molecule is CCOC(=O)[C@@H]1C[C@@H]1c1ccc(-c2cc3cc(C(=O)N4CCc5ccccc5[C@H]4C)cc(CC)n3n2)c(F)c1. The first-order valence-corrected chi connectivity index (χ1v) is 13.8. The second-order valence-electron chi connectivity index (χ2n) is 10.5. The van der Waals surface area contributed by atoms with Crippen molar-refractivity contribution in [2.75, 3.05) is 13.2 Å². The Morgan fingerprint density at radius 1 is 1.08 bits per heavy atom. The van der Waals surface area contributed by atoms with Crippen molar-refractivity contribution in [3.8, 4) is 11.3 Å². The summed E-state index contributed by atoms with van der Waals surface area (Å²) < 4.78 is 22.2. The van der Waals surface area contributed by atoms with Crippen LogP contribution in [0.4, 0.5) is 4.39 Å². The minimum absolute atomic E-state index is 0.00178. The largest absolute Gasteiger partial charge is 0.466 e. The molecule has 4 aromatic rings. The van der Waals surface area contributed by atoms with Crippen molar-refractivity contribution in [3.63, 3.8) is 0 Å². The van der Waals surface area contributed by atoms with Gasteiger partial charge < -0.3 is 9.64 Å². The van der Waals surface area contributed by atoms with Crippen LogP contribution >= 0.6 is 0 Å². The van der Waals surface area contributed by atoms with Crippen LogP contribution in [0.5, 0.6) is 0 Å². The molecule has 7 heteroatoms. The Morgan fingerprint density at radius 3 is 2.67 bits per heavy atom. The highest BCUT2D eigenvalue weighted by atomic mass is 19.1. The molecule has 200 valence electrons. The van der Waals surface area contributed by atoms with Crippen molar-refractivity contribution in [2.24, 2.45) is 5.92 Å². The molecule has 0 N–H and O–H groups in total. The first-order valence-electron chi connectivity index (χ1n) is 13.8. The predicted molar refractivity (Wildman–Crippen MR) is 147 cm³/mol. The lowest BCUT2D eigenvalue weighted by molar-refractivity contribution is -0.144. The topological polar surface area (TPSA) is 63.9 Å². The Balaban J connectivity index is 1.29. The highest BCUT2D eigenvalue weighted by Gasteiger charge is 2.45. The molecule has 0 spiro atoms. The van der Waals surface area contributed by atoms with Crippen molar-refractivity contribution in [2.45, 2.75) is 52.0 Å². The van der Waals surface area contributed by atoms with E-state index < -0.39 is 0 Å². The summed E-state index contributed by atoms with van der Waals surface area (Å²) in [6, 6.07) is 19.0. The summed E-state index contributed by atoms with van der Waals surface area (Å²) in [5.74, 6) is -0.788. The van der Waals surface area contributed by atoms with E-state index in [0.717, 1.165) is 23.2 Å². The van der Waals surface area contributed by atoms with Gasteiger partial charge in [-0.1, -0.05) is 37.3 Å². The third-order valence-electron chi connectivity index (χ3n) is 8.18. The molecule has 0 radical (unpaired) electrons. The summed E-state index contributed by atoms with van der Waals surface area (Å²) in [6.45, 7) is 6.91. The first-order chi connectivity index (χ1) is 18.9. The number of hydrogen-bond acceptors (Lipinski definition) is 4. The van der Waals surface area contributed by atoms with Crippen LogP contribution in [0.3, 0.4) is 0 Å². The summed E-state index contributed by atoms with van der Waals surface area (Å²) >= 11 is 0. The Kier molecular flexibility index (Phi) is 6.45. The van der Waals surface area contributed by atoms with E-state index in [1.54, 1.807) is 17.5 Å². The van der Waals surface area contributed by atoms with Crippen LogP contribution in [-0.4, -0.2) is 39.5 Å². The molecule has 1 aliphatic carbocycles. The zero-order valence-corrected chi connectivity index (χ0v) is 22.5. The average molecular weight is 526 g/mol. The number of amides is 1. The van der Waals surface area contributed by atoms with Crippen LogP contribution in [0.15, 0.2) is 60.7 Å². The second-order valence-corrected chi connectivity index (χ2v) is 10.5. The Hall–Kier alpha value is -4.00. The number of aromatic nitrogens is 2. The van der Waals surface area contributed by atoms with Crippen LogP contribution < -0.4 is 0 Å². The van der Waals surface area contributed by atoms with E-state index in [4.69, 9.17) is 9.84 Å². The summed E-state index contributed by atoms with van der Waals surface area (Å²) in [4.78, 5) is 27.6. The first kappa shape index (κ1) is 25.3. The molecule has 39 heavy (non-hydrogen) atoms. The average Bonchev–Trinajstić information content (AvgIpc) is 3.64. The molecule has 3 heterocycles. The number of ether oxygens (including phenoxy) is 1. The number of esters is 1. The van der Waals surface area contributed by atoms with Crippen LogP contribution in [0, 0.1) is 11.7 Å². The molecule has 6 rings (SSSR count). The van der Waals surface area contributed by atoms with Crippen molar-refractivity contribution in [1.82, 2.24) is 14.5 Å². The summed E-state index contributed by atoms with van der Waals surface area (Å²) in [5, 5.41) is 4.71. The fraction of sp³-hybridized carbons (Fsp3) is 0.344. The zero-order valence-electron chi connectivity index (χ0n) is 22.5.